The van der Waals surface area contributed by atoms with Gasteiger partial charge in [0.1, 0.15) is 5.75 Å². The molecule has 0 amide bonds. The molecule has 0 saturated heterocycles. The van der Waals surface area contributed by atoms with E-state index in [9.17, 15) is 0 Å². The van der Waals surface area contributed by atoms with Gasteiger partial charge in [0.05, 0.1) is 18.7 Å². The molecule has 1 heterocycles. The van der Waals surface area contributed by atoms with E-state index >= 15 is 0 Å². The van der Waals surface area contributed by atoms with Crippen LogP contribution in [0.25, 0.3) is 11.0 Å². The Bertz CT molecular complexity index is 555. The summed E-state index contributed by atoms with van der Waals surface area (Å²) in [6, 6.07) is 7.30. The van der Waals surface area contributed by atoms with Crippen molar-refractivity contribution < 1.29 is 9.30 Å². The zero-order chi connectivity index (χ0) is 14.0. The lowest BCUT2D eigenvalue weighted by Crippen LogP contribution is -2.34. The fourth-order valence-electron chi connectivity index (χ4n) is 2.32. The summed E-state index contributed by atoms with van der Waals surface area (Å²) >= 11 is 0. The SMILES string of the molecule is CCCOc1ccc2c(c1)[n+](C(C)C)cn2C(C)C. The molecule has 1 aromatic carbocycles. The molecular formula is C16H25N2O+. The van der Waals surface area contributed by atoms with E-state index in [-0.39, 0.29) is 0 Å². The van der Waals surface area contributed by atoms with Crippen LogP contribution in [0.5, 0.6) is 5.75 Å². The Balaban J connectivity index is 2.53. The summed E-state index contributed by atoms with van der Waals surface area (Å²) in [6.07, 6.45) is 3.25. The summed E-state index contributed by atoms with van der Waals surface area (Å²) in [6.45, 7) is 11.8. The maximum absolute atomic E-state index is 5.75. The minimum Gasteiger partial charge on any atom is -0.493 e. The highest BCUT2D eigenvalue weighted by Gasteiger charge is 2.20. The first kappa shape index (κ1) is 13.9. The fourth-order valence-corrected chi connectivity index (χ4v) is 2.32. The molecule has 0 atom stereocenters. The van der Waals surface area contributed by atoms with Crippen LogP contribution in [-0.2, 0) is 0 Å². The molecule has 0 bridgehead atoms. The predicted molar refractivity (Wildman–Crippen MR) is 78.7 cm³/mol. The molecule has 0 aliphatic rings. The van der Waals surface area contributed by atoms with Crippen LogP contribution in [-0.4, -0.2) is 11.2 Å². The monoisotopic (exact) mass is 261 g/mol. The second-order valence-electron chi connectivity index (χ2n) is 5.62. The first-order valence-electron chi connectivity index (χ1n) is 7.23. The van der Waals surface area contributed by atoms with Crippen molar-refractivity contribution in [2.45, 2.75) is 53.1 Å². The van der Waals surface area contributed by atoms with Gasteiger partial charge < -0.3 is 4.74 Å². The molecule has 0 aliphatic carbocycles. The summed E-state index contributed by atoms with van der Waals surface area (Å²) in [4.78, 5) is 0. The molecule has 0 N–H and O–H groups in total. The number of rotatable bonds is 5. The number of benzene rings is 1. The van der Waals surface area contributed by atoms with Crippen molar-refractivity contribution in [3.63, 3.8) is 0 Å². The molecular weight excluding hydrogens is 236 g/mol. The second-order valence-corrected chi connectivity index (χ2v) is 5.62. The standard InChI is InChI=1S/C16H25N2O/c1-6-9-19-14-7-8-15-16(10-14)18(13(4)5)11-17(15)12(2)3/h7-8,10-13H,6,9H2,1-5H3/q+1. The van der Waals surface area contributed by atoms with Crippen LogP contribution in [0.2, 0.25) is 0 Å². The van der Waals surface area contributed by atoms with Crippen molar-refractivity contribution in [2.75, 3.05) is 6.61 Å². The van der Waals surface area contributed by atoms with E-state index < -0.39 is 0 Å². The zero-order valence-electron chi connectivity index (χ0n) is 12.7. The number of hydrogen-bond acceptors (Lipinski definition) is 1. The van der Waals surface area contributed by atoms with Gasteiger partial charge in [-0.2, -0.15) is 0 Å². The molecule has 0 aliphatic heterocycles. The van der Waals surface area contributed by atoms with Gasteiger partial charge >= 0.3 is 0 Å². The molecule has 1 aromatic heterocycles. The van der Waals surface area contributed by atoms with Crippen LogP contribution in [0.1, 0.15) is 53.1 Å². The largest absolute Gasteiger partial charge is 0.493 e. The number of imidazole rings is 1. The lowest BCUT2D eigenvalue weighted by atomic mass is 10.2. The highest BCUT2D eigenvalue weighted by Crippen LogP contribution is 2.22. The molecule has 104 valence electrons. The molecule has 2 rings (SSSR count). The lowest BCUT2D eigenvalue weighted by molar-refractivity contribution is -0.692. The number of aromatic nitrogens is 2. The van der Waals surface area contributed by atoms with E-state index in [4.69, 9.17) is 4.74 Å². The molecule has 0 fully saturated rings. The first-order valence-corrected chi connectivity index (χ1v) is 7.23. The second kappa shape index (κ2) is 5.64. The Morgan fingerprint density at radius 1 is 1.21 bits per heavy atom. The van der Waals surface area contributed by atoms with Crippen LogP contribution in [0.4, 0.5) is 0 Å². The third-order valence-corrected chi connectivity index (χ3v) is 3.34. The van der Waals surface area contributed by atoms with Crippen LogP contribution in [0.15, 0.2) is 24.5 Å². The van der Waals surface area contributed by atoms with Gasteiger partial charge in [-0.05, 0) is 46.2 Å². The number of fused-ring (bicyclic) bond motifs is 1. The Morgan fingerprint density at radius 3 is 2.53 bits per heavy atom. The first-order chi connectivity index (χ1) is 9.04. The number of ether oxygens (including phenoxy) is 1. The van der Waals surface area contributed by atoms with Crippen molar-refractivity contribution in [3.8, 4) is 5.75 Å². The maximum Gasteiger partial charge on any atom is 0.245 e. The van der Waals surface area contributed by atoms with E-state index in [0.29, 0.717) is 12.1 Å². The van der Waals surface area contributed by atoms with Crippen molar-refractivity contribution in [1.29, 1.82) is 0 Å². The Hall–Kier alpha value is -1.51. The Kier molecular flexibility index (Phi) is 4.13. The minimum absolute atomic E-state index is 0.448. The van der Waals surface area contributed by atoms with Gasteiger partial charge in [0.25, 0.3) is 0 Å². The van der Waals surface area contributed by atoms with E-state index in [1.807, 2.05) is 0 Å². The number of nitrogens with zero attached hydrogens (tertiary/aromatic N) is 2. The van der Waals surface area contributed by atoms with Crippen LogP contribution in [0.3, 0.4) is 0 Å². The fraction of sp³-hybridized carbons (Fsp3) is 0.562. The molecule has 2 aromatic rings. The van der Waals surface area contributed by atoms with Gasteiger partial charge in [-0.1, -0.05) is 6.92 Å². The van der Waals surface area contributed by atoms with Gasteiger partial charge in [-0.15, -0.1) is 0 Å². The quantitative estimate of drug-likeness (QED) is 0.747. The topological polar surface area (TPSA) is 18.0 Å². The molecule has 0 unspecified atom stereocenters. The predicted octanol–water partition coefficient (Wildman–Crippen LogP) is 3.88. The van der Waals surface area contributed by atoms with Gasteiger partial charge in [-0.3, -0.25) is 0 Å². The van der Waals surface area contributed by atoms with E-state index in [1.165, 1.54) is 11.0 Å². The normalized spacial score (nSPS) is 11.7. The van der Waals surface area contributed by atoms with E-state index in [2.05, 4.69) is 68.3 Å². The summed E-state index contributed by atoms with van der Waals surface area (Å²) in [5, 5.41) is 0. The van der Waals surface area contributed by atoms with Crippen molar-refractivity contribution >= 4 is 11.0 Å². The van der Waals surface area contributed by atoms with Gasteiger partial charge in [0, 0.05) is 6.07 Å². The maximum atomic E-state index is 5.75. The van der Waals surface area contributed by atoms with Crippen molar-refractivity contribution in [1.82, 2.24) is 4.57 Å². The molecule has 19 heavy (non-hydrogen) atoms. The van der Waals surface area contributed by atoms with Crippen molar-refractivity contribution in [3.05, 3.63) is 24.5 Å². The summed E-state index contributed by atoms with van der Waals surface area (Å²) in [5.41, 5.74) is 2.52. The molecule has 0 saturated carbocycles. The number of hydrogen-bond donors (Lipinski definition) is 0. The zero-order valence-corrected chi connectivity index (χ0v) is 12.7. The summed E-state index contributed by atoms with van der Waals surface area (Å²) in [7, 11) is 0. The highest BCUT2D eigenvalue weighted by atomic mass is 16.5. The smallest absolute Gasteiger partial charge is 0.245 e. The molecule has 3 heteroatoms. The molecule has 3 nitrogen and oxygen atoms in total. The summed E-state index contributed by atoms with van der Waals surface area (Å²) < 4.78 is 10.4. The van der Waals surface area contributed by atoms with Gasteiger partial charge in [-0.25, -0.2) is 9.13 Å². The molecule has 0 radical (unpaired) electrons. The third kappa shape index (κ3) is 2.75. The van der Waals surface area contributed by atoms with E-state index in [0.717, 1.165) is 18.8 Å². The molecule has 0 spiro atoms. The summed E-state index contributed by atoms with van der Waals surface area (Å²) in [5.74, 6) is 0.963. The van der Waals surface area contributed by atoms with Crippen LogP contribution < -0.4 is 9.30 Å². The van der Waals surface area contributed by atoms with Crippen molar-refractivity contribution in [2.24, 2.45) is 0 Å². The van der Waals surface area contributed by atoms with Crippen LogP contribution in [0, 0.1) is 0 Å². The third-order valence-electron chi connectivity index (χ3n) is 3.34. The minimum atomic E-state index is 0.448. The highest BCUT2D eigenvalue weighted by molar-refractivity contribution is 5.74. The lowest BCUT2D eigenvalue weighted by Gasteiger charge is -2.05. The Morgan fingerprint density at radius 2 is 1.95 bits per heavy atom. The van der Waals surface area contributed by atoms with Gasteiger partial charge in [0.2, 0.25) is 6.33 Å². The van der Waals surface area contributed by atoms with E-state index in [1.54, 1.807) is 0 Å². The average molecular weight is 261 g/mol. The van der Waals surface area contributed by atoms with Crippen LogP contribution >= 0.6 is 0 Å². The average Bonchev–Trinajstić information content (AvgIpc) is 2.75. The van der Waals surface area contributed by atoms with Gasteiger partial charge in [0.15, 0.2) is 11.0 Å². The Labute approximate surface area is 115 Å².